The predicted molar refractivity (Wildman–Crippen MR) is 83.9 cm³/mol. The first kappa shape index (κ1) is 16.3. The molecular weight excluding hydrogens is 264 g/mol. The standard InChI is InChI=1S/C17H30N2O2/c1-4-6-10-14(9-5-2)19-13(3)15(20)18-17(16(19)21)11-7-8-12-17/h13-14H,4-12H2,1-3H3,(H,18,20). The third-order valence-electron chi connectivity index (χ3n) is 5.17. The lowest BCUT2D eigenvalue weighted by atomic mass is 9.88. The van der Waals surface area contributed by atoms with Crippen LogP contribution in [0.3, 0.4) is 0 Å². The first-order valence-corrected chi connectivity index (χ1v) is 8.70. The van der Waals surface area contributed by atoms with E-state index in [0.717, 1.165) is 57.8 Å². The van der Waals surface area contributed by atoms with Gasteiger partial charge in [0.05, 0.1) is 0 Å². The third-order valence-corrected chi connectivity index (χ3v) is 5.17. The van der Waals surface area contributed by atoms with Crippen molar-refractivity contribution in [3.63, 3.8) is 0 Å². The molecule has 4 nitrogen and oxygen atoms in total. The quantitative estimate of drug-likeness (QED) is 0.818. The number of nitrogens with one attached hydrogen (secondary N) is 1. The van der Waals surface area contributed by atoms with Gasteiger partial charge in [0.15, 0.2) is 0 Å². The molecule has 2 rings (SSSR count). The van der Waals surface area contributed by atoms with E-state index in [-0.39, 0.29) is 23.9 Å². The highest BCUT2D eigenvalue weighted by Crippen LogP contribution is 2.36. The Hall–Kier alpha value is -1.06. The van der Waals surface area contributed by atoms with Gasteiger partial charge < -0.3 is 10.2 Å². The van der Waals surface area contributed by atoms with E-state index in [0.29, 0.717) is 0 Å². The highest BCUT2D eigenvalue weighted by atomic mass is 16.2. The second kappa shape index (κ2) is 6.80. The second-order valence-corrected chi connectivity index (χ2v) is 6.75. The Balaban J connectivity index is 2.23. The van der Waals surface area contributed by atoms with Gasteiger partial charge in [0.1, 0.15) is 11.6 Å². The van der Waals surface area contributed by atoms with E-state index < -0.39 is 5.54 Å². The average Bonchev–Trinajstić information content (AvgIpc) is 2.92. The van der Waals surface area contributed by atoms with Gasteiger partial charge in [-0.25, -0.2) is 0 Å². The van der Waals surface area contributed by atoms with Crippen LogP contribution in [-0.4, -0.2) is 34.3 Å². The number of hydrogen-bond donors (Lipinski definition) is 1. The molecule has 120 valence electrons. The molecule has 4 heteroatoms. The largest absolute Gasteiger partial charge is 0.340 e. The smallest absolute Gasteiger partial charge is 0.249 e. The van der Waals surface area contributed by atoms with Crippen molar-refractivity contribution in [2.75, 3.05) is 0 Å². The summed E-state index contributed by atoms with van der Waals surface area (Å²) in [7, 11) is 0. The van der Waals surface area contributed by atoms with Crippen LogP contribution in [0.1, 0.15) is 78.6 Å². The Morgan fingerprint density at radius 2 is 1.86 bits per heavy atom. The van der Waals surface area contributed by atoms with Crippen LogP contribution >= 0.6 is 0 Å². The molecule has 1 saturated heterocycles. The minimum Gasteiger partial charge on any atom is -0.340 e. The van der Waals surface area contributed by atoms with Crippen LogP contribution in [0.15, 0.2) is 0 Å². The molecule has 1 saturated carbocycles. The molecule has 2 amide bonds. The van der Waals surface area contributed by atoms with E-state index in [1.54, 1.807) is 0 Å². The summed E-state index contributed by atoms with van der Waals surface area (Å²) in [4.78, 5) is 27.4. The summed E-state index contributed by atoms with van der Waals surface area (Å²) in [5.74, 6) is 0.218. The van der Waals surface area contributed by atoms with Crippen LogP contribution in [0, 0.1) is 0 Å². The summed E-state index contributed by atoms with van der Waals surface area (Å²) in [6.45, 7) is 6.21. The number of carbonyl (C=O) groups excluding carboxylic acids is 2. The molecule has 1 N–H and O–H groups in total. The van der Waals surface area contributed by atoms with Crippen LogP contribution in [-0.2, 0) is 9.59 Å². The summed E-state index contributed by atoms with van der Waals surface area (Å²) < 4.78 is 0. The van der Waals surface area contributed by atoms with Crippen molar-refractivity contribution in [2.24, 2.45) is 0 Å². The van der Waals surface area contributed by atoms with Crippen molar-refractivity contribution in [3.05, 3.63) is 0 Å². The normalized spacial score (nSPS) is 26.2. The van der Waals surface area contributed by atoms with E-state index >= 15 is 0 Å². The Kier molecular flexibility index (Phi) is 5.28. The fourth-order valence-corrected chi connectivity index (χ4v) is 3.94. The molecule has 1 heterocycles. The van der Waals surface area contributed by atoms with Gasteiger partial charge in [0.2, 0.25) is 11.8 Å². The SMILES string of the molecule is CCCCC(CCC)N1C(=O)C2(CCCC2)NC(=O)C1C. The summed E-state index contributed by atoms with van der Waals surface area (Å²) in [5.41, 5.74) is -0.582. The van der Waals surface area contributed by atoms with Crippen molar-refractivity contribution < 1.29 is 9.59 Å². The average molecular weight is 294 g/mol. The molecule has 1 spiro atoms. The highest BCUT2D eigenvalue weighted by molar-refractivity contribution is 6.00. The van der Waals surface area contributed by atoms with Gasteiger partial charge in [-0.05, 0) is 32.6 Å². The van der Waals surface area contributed by atoms with E-state index in [2.05, 4.69) is 19.2 Å². The summed E-state index contributed by atoms with van der Waals surface area (Å²) >= 11 is 0. The van der Waals surface area contributed by atoms with Crippen molar-refractivity contribution in [3.8, 4) is 0 Å². The minimum absolute atomic E-state index is 0.0362. The van der Waals surface area contributed by atoms with Gasteiger partial charge in [-0.1, -0.05) is 46.0 Å². The maximum absolute atomic E-state index is 13.1. The fraction of sp³-hybridized carbons (Fsp3) is 0.882. The zero-order valence-corrected chi connectivity index (χ0v) is 13.8. The van der Waals surface area contributed by atoms with Gasteiger partial charge in [-0.2, -0.15) is 0 Å². The monoisotopic (exact) mass is 294 g/mol. The van der Waals surface area contributed by atoms with Gasteiger partial charge in [0, 0.05) is 6.04 Å². The summed E-state index contributed by atoms with van der Waals surface area (Å²) in [5, 5.41) is 3.04. The summed E-state index contributed by atoms with van der Waals surface area (Å²) in [6, 6.07) is -0.0990. The third kappa shape index (κ3) is 3.09. The molecule has 2 unspecified atom stereocenters. The minimum atomic E-state index is -0.582. The molecule has 2 atom stereocenters. The predicted octanol–water partition coefficient (Wildman–Crippen LogP) is 3.01. The maximum Gasteiger partial charge on any atom is 0.249 e. The van der Waals surface area contributed by atoms with Crippen molar-refractivity contribution in [1.29, 1.82) is 0 Å². The fourth-order valence-electron chi connectivity index (χ4n) is 3.94. The molecule has 1 aliphatic heterocycles. The summed E-state index contributed by atoms with van der Waals surface area (Å²) in [6.07, 6.45) is 9.04. The highest BCUT2D eigenvalue weighted by Gasteiger charge is 2.52. The van der Waals surface area contributed by atoms with Gasteiger partial charge >= 0.3 is 0 Å². The lowest BCUT2D eigenvalue weighted by molar-refractivity contribution is -0.157. The van der Waals surface area contributed by atoms with Crippen LogP contribution in [0.25, 0.3) is 0 Å². The Bertz CT molecular complexity index is 388. The Labute approximate surface area is 128 Å². The number of carbonyl (C=O) groups is 2. The van der Waals surface area contributed by atoms with Crippen molar-refractivity contribution in [2.45, 2.75) is 96.2 Å². The number of piperazine rings is 1. The first-order valence-electron chi connectivity index (χ1n) is 8.70. The topological polar surface area (TPSA) is 49.4 Å². The lowest BCUT2D eigenvalue weighted by Gasteiger charge is -2.47. The Morgan fingerprint density at radius 1 is 1.19 bits per heavy atom. The molecule has 2 aliphatic rings. The van der Waals surface area contributed by atoms with E-state index in [1.807, 2.05) is 11.8 Å². The number of nitrogens with zero attached hydrogens (tertiary/aromatic N) is 1. The van der Waals surface area contributed by atoms with E-state index in [1.165, 1.54) is 0 Å². The van der Waals surface area contributed by atoms with E-state index in [9.17, 15) is 9.59 Å². The second-order valence-electron chi connectivity index (χ2n) is 6.75. The maximum atomic E-state index is 13.1. The van der Waals surface area contributed by atoms with Crippen LogP contribution in [0.5, 0.6) is 0 Å². The molecule has 0 aromatic heterocycles. The van der Waals surface area contributed by atoms with E-state index in [4.69, 9.17) is 0 Å². The number of amides is 2. The Morgan fingerprint density at radius 3 is 2.43 bits per heavy atom. The van der Waals surface area contributed by atoms with Crippen molar-refractivity contribution in [1.82, 2.24) is 10.2 Å². The lowest BCUT2D eigenvalue weighted by Crippen LogP contribution is -2.70. The molecule has 0 aromatic carbocycles. The first-order chi connectivity index (χ1) is 10.1. The van der Waals surface area contributed by atoms with Crippen LogP contribution in [0.4, 0.5) is 0 Å². The zero-order chi connectivity index (χ0) is 15.5. The molecule has 0 bridgehead atoms. The molecule has 0 aromatic rings. The molecular formula is C17H30N2O2. The molecule has 21 heavy (non-hydrogen) atoms. The van der Waals surface area contributed by atoms with Gasteiger partial charge in [0.25, 0.3) is 0 Å². The number of rotatable bonds is 6. The number of hydrogen-bond acceptors (Lipinski definition) is 2. The van der Waals surface area contributed by atoms with Crippen LogP contribution in [0.2, 0.25) is 0 Å². The number of unbranched alkanes of at least 4 members (excludes halogenated alkanes) is 1. The molecule has 2 fully saturated rings. The van der Waals surface area contributed by atoms with Crippen LogP contribution < -0.4 is 5.32 Å². The zero-order valence-electron chi connectivity index (χ0n) is 13.8. The molecule has 0 radical (unpaired) electrons. The van der Waals surface area contributed by atoms with Gasteiger partial charge in [-0.3, -0.25) is 9.59 Å². The van der Waals surface area contributed by atoms with Crippen molar-refractivity contribution >= 4 is 11.8 Å². The molecule has 1 aliphatic carbocycles. The van der Waals surface area contributed by atoms with Gasteiger partial charge in [-0.15, -0.1) is 0 Å².